The summed E-state index contributed by atoms with van der Waals surface area (Å²) in [6, 6.07) is 10.8. The molecule has 0 atom stereocenters. The Hall–Kier alpha value is -2.14. The first-order valence-electron chi connectivity index (χ1n) is 8.24. The standard InChI is InChI=1S/C18H23FN4/c19-15-4-1-5-17(13-15)21-12-11-20-10-8-16-7-6-14-3-2-9-22-18(14)23-16/h1,4-7,13,20-21H,2-3,8-12H2,(H,22,23). The van der Waals surface area contributed by atoms with E-state index in [1.54, 1.807) is 6.07 Å². The molecule has 1 aromatic heterocycles. The molecule has 1 aliphatic rings. The van der Waals surface area contributed by atoms with E-state index in [-0.39, 0.29) is 5.82 Å². The molecule has 0 unspecified atom stereocenters. The average molecular weight is 314 g/mol. The molecular weight excluding hydrogens is 291 g/mol. The van der Waals surface area contributed by atoms with Gasteiger partial charge in [-0.15, -0.1) is 0 Å². The summed E-state index contributed by atoms with van der Waals surface area (Å²) in [5, 5.41) is 9.94. The van der Waals surface area contributed by atoms with E-state index in [1.807, 2.05) is 6.07 Å². The number of nitrogens with zero attached hydrogens (tertiary/aromatic N) is 1. The summed E-state index contributed by atoms with van der Waals surface area (Å²) < 4.78 is 13.0. The van der Waals surface area contributed by atoms with Crippen molar-refractivity contribution in [3.63, 3.8) is 0 Å². The van der Waals surface area contributed by atoms with Gasteiger partial charge < -0.3 is 16.0 Å². The second kappa shape index (κ2) is 7.92. The maximum atomic E-state index is 13.0. The fourth-order valence-corrected chi connectivity index (χ4v) is 2.74. The topological polar surface area (TPSA) is 49.0 Å². The van der Waals surface area contributed by atoms with Crippen LogP contribution in [0.5, 0.6) is 0 Å². The van der Waals surface area contributed by atoms with Crippen LogP contribution in [0.2, 0.25) is 0 Å². The molecule has 0 saturated carbocycles. The molecule has 0 fully saturated rings. The van der Waals surface area contributed by atoms with Gasteiger partial charge in [0.05, 0.1) is 0 Å². The van der Waals surface area contributed by atoms with Crippen molar-refractivity contribution >= 4 is 11.5 Å². The van der Waals surface area contributed by atoms with Gasteiger partial charge in [0.15, 0.2) is 0 Å². The van der Waals surface area contributed by atoms with E-state index in [0.717, 1.165) is 56.2 Å². The Balaban J connectivity index is 1.35. The zero-order valence-corrected chi connectivity index (χ0v) is 13.2. The lowest BCUT2D eigenvalue weighted by molar-refractivity contribution is 0.628. The van der Waals surface area contributed by atoms with Crippen molar-refractivity contribution in [2.45, 2.75) is 19.3 Å². The summed E-state index contributed by atoms with van der Waals surface area (Å²) in [7, 11) is 0. The summed E-state index contributed by atoms with van der Waals surface area (Å²) in [5.74, 6) is 0.844. The minimum Gasteiger partial charge on any atom is -0.384 e. The van der Waals surface area contributed by atoms with Gasteiger partial charge in [0.2, 0.25) is 0 Å². The van der Waals surface area contributed by atoms with Gasteiger partial charge in [0.1, 0.15) is 11.6 Å². The van der Waals surface area contributed by atoms with Crippen molar-refractivity contribution in [2.75, 3.05) is 36.8 Å². The number of aryl methyl sites for hydroxylation is 1. The Morgan fingerprint density at radius 2 is 2.09 bits per heavy atom. The van der Waals surface area contributed by atoms with Crippen LogP contribution in [0.25, 0.3) is 0 Å². The van der Waals surface area contributed by atoms with E-state index in [1.165, 1.54) is 24.1 Å². The minimum absolute atomic E-state index is 0.213. The highest BCUT2D eigenvalue weighted by molar-refractivity contribution is 5.47. The number of nitrogens with one attached hydrogen (secondary N) is 3. The average Bonchev–Trinajstić information content (AvgIpc) is 2.58. The van der Waals surface area contributed by atoms with Gasteiger partial charge in [-0.05, 0) is 42.7 Å². The number of halogens is 1. The van der Waals surface area contributed by atoms with E-state index < -0.39 is 0 Å². The molecule has 2 heterocycles. The van der Waals surface area contributed by atoms with Crippen LogP contribution >= 0.6 is 0 Å². The van der Waals surface area contributed by atoms with Crippen LogP contribution in [0.15, 0.2) is 36.4 Å². The zero-order chi connectivity index (χ0) is 15.9. The summed E-state index contributed by atoms with van der Waals surface area (Å²) in [6.45, 7) is 3.51. The Morgan fingerprint density at radius 1 is 1.13 bits per heavy atom. The Bertz CT molecular complexity index is 645. The molecule has 3 rings (SSSR count). The SMILES string of the molecule is Fc1cccc(NCCNCCc2ccc3c(n2)NCCC3)c1. The van der Waals surface area contributed by atoms with E-state index in [2.05, 4.69) is 33.1 Å². The van der Waals surface area contributed by atoms with E-state index in [0.29, 0.717) is 0 Å². The largest absolute Gasteiger partial charge is 0.384 e. The summed E-state index contributed by atoms with van der Waals surface area (Å²) >= 11 is 0. The molecule has 1 aromatic carbocycles. The fraction of sp³-hybridized carbons (Fsp3) is 0.389. The minimum atomic E-state index is -0.213. The molecule has 2 aromatic rings. The van der Waals surface area contributed by atoms with E-state index in [9.17, 15) is 4.39 Å². The van der Waals surface area contributed by atoms with Gasteiger partial charge in [-0.2, -0.15) is 0 Å². The highest BCUT2D eigenvalue weighted by Crippen LogP contribution is 2.19. The second-order valence-electron chi connectivity index (χ2n) is 5.78. The molecular formula is C18H23FN4. The summed E-state index contributed by atoms with van der Waals surface area (Å²) in [6.07, 6.45) is 3.22. The van der Waals surface area contributed by atoms with Crippen LogP contribution in [0.4, 0.5) is 15.9 Å². The molecule has 0 amide bonds. The van der Waals surface area contributed by atoms with Crippen molar-refractivity contribution in [2.24, 2.45) is 0 Å². The van der Waals surface area contributed by atoms with E-state index in [4.69, 9.17) is 0 Å². The summed E-state index contributed by atoms with van der Waals surface area (Å²) in [4.78, 5) is 4.68. The van der Waals surface area contributed by atoms with Gasteiger partial charge >= 0.3 is 0 Å². The molecule has 0 bridgehead atoms. The molecule has 122 valence electrons. The predicted molar refractivity (Wildman–Crippen MR) is 92.5 cm³/mol. The molecule has 0 aliphatic carbocycles. The maximum absolute atomic E-state index is 13.0. The Kier molecular flexibility index (Phi) is 5.42. The molecule has 23 heavy (non-hydrogen) atoms. The third-order valence-corrected chi connectivity index (χ3v) is 3.97. The van der Waals surface area contributed by atoms with Crippen molar-refractivity contribution < 1.29 is 4.39 Å². The van der Waals surface area contributed by atoms with E-state index >= 15 is 0 Å². The summed E-state index contributed by atoms with van der Waals surface area (Å²) in [5.41, 5.74) is 3.25. The molecule has 3 N–H and O–H groups in total. The molecule has 0 spiro atoms. The van der Waals surface area contributed by atoms with Crippen molar-refractivity contribution in [1.82, 2.24) is 10.3 Å². The van der Waals surface area contributed by atoms with Crippen LogP contribution in [0, 0.1) is 5.82 Å². The number of pyridine rings is 1. The normalized spacial score (nSPS) is 13.3. The molecule has 0 saturated heterocycles. The lowest BCUT2D eigenvalue weighted by Gasteiger charge is -2.17. The third kappa shape index (κ3) is 4.66. The lowest BCUT2D eigenvalue weighted by Crippen LogP contribution is -2.24. The number of rotatable bonds is 7. The van der Waals surface area contributed by atoms with Crippen LogP contribution in [-0.4, -0.2) is 31.2 Å². The first-order valence-corrected chi connectivity index (χ1v) is 8.24. The third-order valence-electron chi connectivity index (χ3n) is 3.97. The molecule has 0 radical (unpaired) electrons. The van der Waals surface area contributed by atoms with Crippen LogP contribution in [-0.2, 0) is 12.8 Å². The number of hydrogen-bond donors (Lipinski definition) is 3. The first-order chi connectivity index (χ1) is 11.3. The number of hydrogen-bond acceptors (Lipinski definition) is 4. The van der Waals surface area contributed by atoms with Crippen LogP contribution in [0.1, 0.15) is 17.7 Å². The Labute approximate surface area is 136 Å². The van der Waals surface area contributed by atoms with Crippen LogP contribution < -0.4 is 16.0 Å². The number of benzene rings is 1. The van der Waals surface area contributed by atoms with Gasteiger partial charge in [0.25, 0.3) is 0 Å². The molecule has 1 aliphatic heterocycles. The van der Waals surface area contributed by atoms with Gasteiger partial charge in [-0.1, -0.05) is 12.1 Å². The number of anilines is 2. The van der Waals surface area contributed by atoms with Crippen molar-refractivity contribution in [3.8, 4) is 0 Å². The van der Waals surface area contributed by atoms with Crippen molar-refractivity contribution in [1.29, 1.82) is 0 Å². The predicted octanol–water partition coefficient (Wildman–Crippen LogP) is 2.82. The number of fused-ring (bicyclic) bond motifs is 1. The fourth-order valence-electron chi connectivity index (χ4n) is 2.74. The first kappa shape index (κ1) is 15.7. The monoisotopic (exact) mass is 314 g/mol. The highest BCUT2D eigenvalue weighted by Gasteiger charge is 2.09. The quantitative estimate of drug-likeness (QED) is 0.688. The van der Waals surface area contributed by atoms with Crippen LogP contribution in [0.3, 0.4) is 0 Å². The molecule has 5 heteroatoms. The van der Waals surface area contributed by atoms with Gasteiger partial charge in [0, 0.05) is 44.0 Å². The van der Waals surface area contributed by atoms with Gasteiger partial charge in [-0.25, -0.2) is 9.37 Å². The zero-order valence-electron chi connectivity index (χ0n) is 13.2. The van der Waals surface area contributed by atoms with Gasteiger partial charge in [-0.3, -0.25) is 0 Å². The lowest BCUT2D eigenvalue weighted by atomic mass is 10.1. The smallest absolute Gasteiger partial charge is 0.129 e. The number of aromatic nitrogens is 1. The Morgan fingerprint density at radius 3 is 3.00 bits per heavy atom. The van der Waals surface area contributed by atoms with Crippen molar-refractivity contribution in [3.05, 3.63) is 53.5 Å². The maximum Gasteiger partial charge on any atom is 0.129 e. The highest BCUT2D eigenvalue weighted by atomic mass is 19.1. The second-order valence-corrected chi connectivity index (χ2v) is 5.78. The molecule has 4 nitrogen and oxygen atoms in total.